The first-order valence-corrected chi connectivity index (χ1v) is 6.12. The zero-order valence-electron chi connectivity index (χ0n) is 11.9. The molecule has 0 saturated heterocycles. The van der Waals surface area contributed by atoms with Crippen LogP contribution in [0.25, 0.3) is 0 Å². The molecule has 2 heterocycles. The molecule has 0 bridgehead atoms. The second kappa shape index (κ2) is 4.41. The summed E-state index contributed by atoms with van der Waals surface area (Å²) in [6, 6.07) is 0. The third kappa shape index (κ3) is 3.17. The maximum atomic E-state index is 9.81. The fraction of sp³-hybridized carbons (Fsp3) is 0.667. The quantitative estimate of drug-likeness (QED) is 0.897. The van der Waals surface area contributed by atoms with Crippen LogP contribution in [0.4, 0.5) is 0 Å². The summed E-state index contributed by atoms with van der Waals surface area (Å²) in [4.78, 5) is 0. The van der Waals surface area contributed by atoms with Crippen molar-refractivity contribution in [3.05, 3.63) is 23.7 Å². The summed E-state index contributed by atoms with van der Waals surface area (Å²) in [5.41, 5.74) is -0.682. The maximum Gasteiger partial charge on any atom is 0.238 e. The SMILES string of the molecule is CC(C)(C)c1nnc(Cn2cc(C(C)(C)O)nn2)o1. The minimum atomic E-state index is -1.01. The first-order chi connectivity index (χ1) is 8.66. The predicted octanol–water partition coefficient (Wildman–Crippen LogP) is 1.23. The summed E-state index contributed by atoms with van der Waals surface area (Å²) in [5.74, 6) is 1.06. The Labute approximate surface area is 111 Å². The molecular weight excluding hydrogens is 246 g/mol. The molecule has 2 rings (SSSR count). The van der Waals surface area contributed by atoms with Crippen molar-refractivity contribution < 1.29 is 9.52 Å². The van der Waals surface area contributed by atoms with Crippen molar-refractivity contribution in [1.29, 1.82) is 0 Å². The number of aromatic nitrogens is 5. The van der Waals surface area contributed by atoms with Gasteiger partial charge in [-0.1, -0.05) is 26.0 Å². The van der Waals surface area contributed by atoms with Crippen LogP contribution in [-0.2, 0) is 17.6 Å². The van der Waals surface area contributed by atoms with Crippen LogP contribution in [0.3, 0.4) is 0 Å². The lowest BCUT2D eigenvalue weighted by Crippen LogP contribution is -2.15. The summed E-state index contributed by atoms with van der Waals surface area (Å²) >= 11 is 0. The first-order valence-electron chi connectivity index (χ1n) is 6.12. The molecule has 0 aliphatic rings. The third-order valence-corrected chi connectivity index (χ3v) is 2.57. The van der Waals surface area contributed by atoms with Crippen LogP contribution in [0.2, 0.25) is 0 Å². The Kier molecular flexibility index (Phi) is 3.17. The van der Waals surface area contributed by atoms with E-state index in [1.54, 1.807) is 24.7 Å². The molecule has 1 N–H and O–H groups in total. The Hall–Kier alpha value is -1.76. The molecule has 0 aliphatic heterocycles. The van der Waals surface area contributed by atoms with Crippen LogP contribution in [-0.4, -0.2) is 30.3 Å². The van der Waals surface area contributed by atoms with Gasteiger partial charge in [0.15, 0.2) is 0 Å². The topological polar surface area (TPSA) is 89.9 Å². The van der Waals surface area contributed by atoms with E-state index in [0.717, 1.165) is 0 Å². The highest BCUT2D eigenvalue weighted by atomic mass is 16.4. The highest BCUT2D eigenvalue weighted by Gasteiger charge is 2.23. The normalized spacial score (nSPS) is 12.9. The molecule has 7 heteroatoms. The standard InChI is InChI=1S/C12H19N5O2/c1-11(2,3)10-15-14-9(19-10)7-17-6-8(13-16-17)12(4,5)18/h6,18H,7H2,1-5H3. The summed E-state index contributed by atoms with van der Waals surface area (Å²) in [5, 5.41) is 25.6. The van der Waals surface area contributed by atoms with Crippen molar-refractivity contribution in [2.75, 3.05) is 0 Å². The number of aliphatic hydroxyl groups is 1. The highest BCUT2D eigenvalue weighted by molar-refractivity contribution is 5.03. The molecule has 7 nitrogen and oxygen atoms in total. The van der Waals surface area contributed by atoms with Gasteiger partial charge in [-0.25, -0.2) is 4.68 Å². The van der Waals surface area contributed by atoms with Crippen LogP contribution >= 0.6 is 0 Å². The fourth-order valence-electron chi connectivity index (χ4n) is 1.42. The van der Waals surface area contributed by atoms with Gasteiger partial charge in [0, 0.05) is 5.41 Å². The lowest BCUT2D eigenvalue weighted by Gasteiger charge is -2.11. The van der Waals surface area contributed by atoms with E-state index >= 15 is 0 Å². The van der Waals surface area contributed by atoms with E-state index in [1.807, 2.05) is 20.8 Å². The van der Waals surface area contributed by atoms with Crippen LogP contribution in [0.1, 0.15) is 52.1 Å². The zero-order chi connectivity index (χ0) is 14.3. The number of hydrogen-bond donors (Lipinski definition) is 1. The van der Waals surface area contributed by atoms with Gasteiger partial charge < -0.3 is 9.52 Å². The van der Waals surface area contributed by atoms with E-state index in [9.17, 15) is 5.11 Å². The molecule has 0 aliphatic carbocycles. The lowest BCUT2D eigenvalue weighted by atomic mass is 9.97. The average molecular weight is 265 g/mol. The number of nitrogens with zero attached hydrogens (tertiary/aromatic N) is 5. The molecule has 0 fully saturated rings. The molecule has 0 radical (unpaired) electrons. The van der Waals surface area contributed by atoms with Gasteiger partial charge >= 0.3 is 0 Å². The first kappa shape index (κ1) is 13.7. The molecule has 2 aromatic heterocycles. The fourth-order valence-corrected chi connectivity index (χ4v) is 1.42. The van der Waals surface area contributed by atoms with Crippen molar-refractivity contribution >= 4 is 0 Å². The van der Waals surface area contributed by atoms with Crippen LogP contribution in [0.5, 0.6) is 0 Å². The van der Waals surface area contributed by atoms with E-state index in [1.165, 1.54) is 0 Å². The Bertz CT molecular complexity index is 509. The van der Waals surface area contributed by atoms with E-state index in [0.29, 0.717) is 24.0 Å². The van der Waals surface area contributed by atoms with Gasteiger partial charge in [0.2, 0.25) is 11.8 Å². The van der Waals surface area contributed by atoms with Crippen LogP contribution in [0.15, 0.2) is 10.6 Å². The molecule has 19 heavy (non-hydrogen) atoms. The smallest absolute Gasteiger partial charge is 0.238 e. The Morgan fingerprint density at radius 2 is 1.84 bits per heavy atom. The molecule has 104 valence electrons. The second-order valence-corrected chi connectivity index (χ2v) is 6.11. The van der Waals surface area contributed by atoms with Crippen molar-refractivity contribution in [3.8, 4) is 0 Å². The van der Waals surface area contributed by atoms with Gasteiger partial charge in [-0.05, 0) is 13.8 Å². The number of hydrogen-bond acceptors (Lipinski definition) is 6. The zero-order valence-corrected chi connectivity index (χ0v) is 11.9. The molecule has 0 amide bonds. The van der Waals surface area contributed by atoms with E-state index in [4.69, 9.17) is 4.42 Å². The minimum Gasteiger partial charge on any atom is -0.423 e. The summed E-state index contributed by atoms with van der Waals surface area (Å²) in [7, 11) is 0. The van der Waals surface area contributed by atoms with Crippen LogP contribution < -0.4 is 0 Å². The van der Waals surface area contributed by atoms with Gasteiger partial charge in [0.05, 0.1) is 6.20 Å². The largest absolute Gasteiger partial charge is 0.423 e. The highest BCUT2D eigenvalue weighted by Crippen LogP contribution is 2.21. The van der Waals surface area contributed by atoms with Crippen molar-refractivity contribution in [3.63, 3.8) is 0 Å². The molecule has 0 spiro atoms. The molecule has 0 atom stereocenters. The van der Waals surface area contributed by atoms with E-state index in [-0.39, 0.29) is 5.41 Å². The second-order valence-electron chi connectivity index (χ2n) is 6.11. The average Bonchev–Trinajstić information content (AvgIpc) is 2.84. The Balaban J connectivity index is 2.14. The monoisotopic (exact) mass is 265 g/mol. The van der Waals surface area contributed by atoms with Gasteiger partial charge in [-0.15, -0.1) is 15.3 Å². The maximum absolute atomic E-state index is 9.81. The summed E-state index contributed by atoms with van der Waals surface area (Å²) in [6.45, 7) is 9.67. The van der Waals surface area contributed by atoms with E-state index in [2.05, 4.69) is 20.5 Å². The predicted molar refractivity (Wildman–Crippen MR) is 67.4 cm³/mol. The summed E-state index contributed by atoms with van der Waals surface area (Å²) < 4.78 is 7.14. The van der Waals surface area contributed by atoms with Crippen LogP contribution in [0, 0.1) is 0 Å². The van der Waals surface area contributed by atoms with Crippen molar-refractivity contribution in [2.24, 2.45) is 0 Å². The molecule has 0 saturated carbocycles. The molecule has 0 unspecified atom stereocenters. The van der Waals surface area contributed by atoms with Gasteiger partial charge in [-0.2, -0.15) is 0 Å². The minimum absolute atomic E-state index is 0.175. The van der Waals surface area contributed by atoms with E-state index < -0.39 is 5.60 Å². The van der Waals surface area contributed by atoms with Gasteiger partial charge in [-0.3, -0.25) is 0 Å². The summed E-state index contributed by atoms with van der Waals surface area (Å²) in [6.07, 6.45) is 1.67. The lowest BCUT2D eigenvalue weighted by molar-refractivity contribution is 0.0737. The third-order valence-electron chi connectivity index (χ3n) is 2.57. The Morgan fingerprint density at radius 1 is 1.16 bits per heavy atom. The molecule has 2 aromatic rings. The van der Waals surface area contributed by atoms with Crippen molar-refractivity contribution in [1.82, 2.24) is 25.2 Å². The Morgan fingerprint density at radius 3 is 2.32 bits per heavy atom. The molecule has 0 aromatic carbocycles. The molecular formula is C12H19N5O2. The van der Waals surface area contributed by atoms with Gasteiger partial charge in [0.25, 0.3) is 0 Å². The number of rotatable bonds is 3. The van der Waals surface area contributed by atoms with Crippen molar-refractivity contribution in [2.45, 2.75) is 52.2 Å². The van der Waals surface area contributed by atoms with Gasteiger partial charge in [0.1, 0.15) is 17.8 Å².